The molecule has 0 saturated carbocycles. The van der Waals surface area contributed by atoms with E-state index in [-0.39, 0.29) is 24.0 Å². The summed E-state index contributed by atoms with van der Waals surface area (Å²) in [7, 11) is 0. The lowest BCUT2D eigenvalue weighted by atomic mass is 9.81. The number of aliphatic hydroxyl groups excluding tert-OH is 1. The summed E-state index contributed by atoms with van der Waals surface area (Å²) in [6.07, 6.45) is -1.32. The number of hydrogen-bond donors (Lipinski definition) is 3. The van der Waals surface area contributed by atoms with Crippen molar-refractivity contribution in [2.75, 3.05) is 6.61 Å². The number of aromatic hydroxyl groups is 2. The predicted octanol–water partition coefficient (Wildman–Crippen LogP) is 1.04. The molecule has 0 unspecified atom stereocenters. The van der Waals surface area contributed by atoms with Gasteiger partial charge in [0.1, 0.15) is 0 Å². The molecule has 0 aromatic heterocycles. The van der Waals surface area contributed by atoms with Crippen LogP contribution in [-0.4, -0.2) is 34.0 Å². The zero-order valence-corrected chi connectivity index (χ0v) is 10.3. The minimum atomic E-state index is -1.32. The van der Waals surface area contributed by atoms with Crippen molar-refractivity contribution in [3.8, 4) is 11.5 Å². The quantitative estimate of drug-likeness (QED) is 0.513. The van der Waals surface area contributed by atoms with E-state index in [9.17, 15) is 20.1 Å². The van der Waals surface area contributed by atoms with Crippen molar-refractivity contribution in [2.45, 2.75) is 25.9 Å². The monoisotopic (exact) mass is 252 g/mol. The first kappa shape index (κ1) is 12.7. The SMILES string of the molecule is Cc1ccc([C@H]2[C@H](C)COC(=O)[C@H]2O)c(O)c1O. The molecule has 98 valence electrons. The zero-order chi connectivity index (χ0) is 13.4. The van der Waals surface area contributed by atoms with Crippen LogP contribution in [-0.2, 0) is 9.53 Å². The molecule has 1 fully saturated rings. The fourth-order valence-electron chi connectivity index (χ4n) is 2.30. The summed E-state index contributed by atoms with van der Waals surface area (Å²) in [5, 5.41) is 29.5. The molecule has 1 saturated heterocycles. The Labute approximate surface area is 105 Å². The van der Waals surface area contributed by atoms with Gasteiger partial charge in [0.2, 0.25) is 0 Å². The smallest absolute Gasteiger partial charge is 0.335 e. The summed E-state index contributed by atoms with van der Waals surface area (Å²) in [6, 6.07) is 3.26. The second-order valence-corrected chi connectivity index (χ2v) is 4.75. The first-order valence-electron chi connectivity index (χ1n) is 5.79. The lowest BCUT2D eigenvalue weighted by molar-refractivity contribution is -0.164. The largest absolute Gasteiger partial charge is 0.504 e. The maximum absolute atomic E-state index is 11.4. The topological polar surface area (TPSA) is 87.0 Å². The van der Waals surface area contributed by atoms with Crippen LogP contribution in [0, 0.1) is 12.8 Å². The van der Waals surface area contributed by atoms with Gasteiger partial charge in [-0.05, 0) is 12.5 Å². The summed E-state index contributed by atoms with van der Waals surface area (Å²) in [5.74, 6) is -1.90. The van der Waals surface area contributed by atoms with E-state index in [4.69, 9.17) is 4.74 Å². The molecule has 5 heteroatoms. The summed E-state index contributed by atoms with van der Waals surface area (Å²) in [5.41, 5.74) is 0.909. The van der Waals surface area contributed by atoms with Crippen molar-refractivity contribution in [1.29, 1.82) is 0 Å². The second-order valence-electron chi connectivity index (χ2n) is 4.75. The first-order valence-corrected chi connectivity index (χ1v) is 5.79. The number of phenols is 2. The third-order valence-corrected chi connectivity index (χ3v) is 3.43. The number of benzene rings is 1. The zero-order valence-electron chi connectivity index (χ0n) is 10.3. The molecule has 3 N–H and O–H groups in total. The summed E-state index contributed by atoms with van der Waals surface area (Å²) >= 11 is 0. The van der Waals surface area contributed by atoms with Gasteiger partial charge in [-0.2, -0.15) is 0 Å². The van der Waals surface area contributed by atoms with Gasteiger partial charge in [-0.25, -0.2) is 4.79 Å². The van der Waals surface area contributed by atoms with E-state index in [0.29, 0.717) is 11.1 Å². The van der Waals surface area contributed by atoms with Crippen LogP contribution in [0.4, 0.5) is 0 Å². The van der Waals surface area contributed by atoms with E-state index in [1.807, 2.05) is 6.92 Å². The van der Waals surface area contributed by atoms with E-state index in [2.05, 4.69) is 0 Å². The summed E-state index contributed by atoms with van der Waals surface area (Å²) < 4.78 is 4.81. The van der Waals surface area contributed by atoms with Crippen LogP contribution in [0.2, 0.25) is 0 Å². The number of cyclic esters (lactones) is 1. The third-order valence-electron chi connectivity index (χ3n) is 3.43. The van der Waals surface area contributed by atoms with Gasteiger partial charge >= 0.3 is 5.97 Å². The Bertz CT molecular complexity index is 483. The van der Waals surface area contributed by atoms with E-state index >= 15 is 0 Å². The van der Waals surface area contributed by atoms with Gasteiger partial charge in [0.05, 0.1) is 6.61 Å². The summed E-state index contributed by atoms with van der Waals surface area (Å²) in [6.45, 7) is 3.67. The fourth-order valence-corrected chi connectivity index (χ4v) is 2.30. The number of carbonyl (C=O) groups excluding carboxylic acids is 1. The Balaban J connectivity index is 2.46. The van der Waals surface area contributed by atoms with Crippen LogP contribution in [0.5, 0.6) is 11.5 Å². The third kappa shape index (κ3) is 1.90. The number of rotatable bonds is 1. The number of ether oxygens (including phenoxy) is 1. The fraction of sp³-hybridized carbons (Fsp3) is 0.462. The number of carbonyl (C=O) groups is 1. The van der Waals surface area contributed by atoms with Crippen molar-refractivity contribution >= 4 is 5.97 Å². The van der Waals surface area contributed by atoms with E-state index in [1.54, 1.807) is 19.1 Å². The van der Waals surface area contributed by atoms with Crippen molar-refractivity contribution in [2.24, 2.45) is 5.92 Å². The van der Waals surface area contributed by atoms with E-state index < -0.39 is 18.0 Å². The molecule has 1 aromatic carbocycles. The van der Waals surface area contributed by atoms with Gasteiger partial charge in [0.25, 0.3) is 0 Å². The van der Waals surface area contributed by atoms with Gasteiger partial charge in [-0.15, -0.1) is 0 Å². The van der Waals surface area contributed by atoms with Gasteiger partial charge in [0.15, 0.2) is 17.6 Å². The van der Waals surface area contributed by atoms with Gasteiger partial charge < -0.3 is 20.1 Å². The predicted molar refractivity (Wildman–Crippen MR) is 63.4 cm³/mol. The number of esters is 1. The van der Waals surface area contributed by atoms with Crippen LogP contribution in [0.3, 0.4) is 0 Å². The van der Waals surface area contributed by atoms with Crippen LogP contribution in [0.15, 0.2) is 12.1 Å². The van der Waals surface area contributed by atoms with E-state index in [0.717, 1.165) is 0 Å². The molecule has 0 bridgehead atoms. The Morgan fingerprint density at radius 3 is 2.61 bits per heavy atom. The number of aliphatic hydroxyl groups is 1. The van der Waals surface area contributed by atoms with Crippen molar-refractivity contribution in [3.05, 3.63) is 23.3 Å². The number of aryl methyl sites for hydroxylation is 1. The molecule has 18 heavy (non-hydrogen) atoms. The molecular weight excluding hydrogens is 236 g/mol. The molecule has 0 aliphatic carbocycles. The van der Waals surface area contributed by atoms with Gasteiger partial charge in [-0.1, -0.05) is 19.1 Å². The van der Waals surface area contributed by atoms with E-state index in [1.165, 1.54) is 0 Å². The molecule has 5 nitrogen and oxygen atoms in total. The minimum absolute atomic E-state index is 0.134. The van der Waals surface area contributed by atoms with Crippen LogP contribution in [0.25, 0.3) is 0 Å². The standard InChI is InChI=1S/C13H16O5/c1-6-3-4-8(11(15)10(6)14)9-7(2)5-18-13(17)12(9)16/h3-4,7,9,12,14-16H,5H2,1-2H3/t7-,9-,12+/m1/s1. The van der Waals surface area contributed by atoms with Gasteiger partial charge in [0, 0.05) is 17.4 Å². The molecule has 0 radical (unpaired) electrons. The first-order chi connectivity index (χ1) is 8.43. The van der Waals surface area contributed by atoms with Crippen LogP contribution < -0.4 is 0 Å². The average molecular weight is 252 g/mol. The highest BCUT2D eigenvalue weighted by atomic mass is 16.5. The highest BCUT2D eigenvalue weighted by Gasteiger charge is 2.39. The van der Waals surface area contributed by atoms with Crippen molar-refractivity contribution < 1.29 is 24.9 Å². The Kier molecular flexibility index (Phi) is 3.17. The normalized spacial score (nSPS) is 27.9. The van der Waals surface area contributed by atoms with Crippen LogP contribution in [0.1, 0.15) is 24.0 Å². The molecule has 0 spiro atoms. The molecule has 1 aliphatic rings. The molecule has 3 atom stereocenters. The average Bonchev–Trinajstić information content (AvgIpc) is 2.34. The van der Waals surface area contributed by atoms with Crippen LogP contribution >= 0.6 is 0 Å². The highest BCUT2D eigenvalue weighted by Crippen LogP contribution is 2.42. The Morgan fingerprint density at radius 1 is 1.28 bits per heavy atom. The maximum atomic E-state index is 11.4. The second kappa shape index (κ2) is 4.49. The highest BCUT2D eigenvalue weighted by molar-refractivity contribution is 5.77. The molecule has 1 aliphatic heterocycles. The molecule has 1 aromatic rings. The Hall–Kier alpha value is -1.75. The minimum Gasteiger partial charge on any atom is -0.504 e. The molecule has 1 heterocycles. The summed E-state index contributed by atoms with van der Waals surface area (Å²) in [4.78, 5) is 11.4. The van der Waals surface area contributed by atoms with Crippen molar-refractivity contribution in [3.63, 3.8) is 0 Å². The molecule has 2 rings (SSSR count). The van der Waals surface area contributed by atoms with Crippen molar-refractivity contribution in [1.82, 2.24) is 0 Å². The number of hydrogen-bond acceptors (Lipinski definition) is 5. The maximum Gasteiger partial charge on any atom is 0.335 e. The Morgan fingerprint density at radius 2 is 1.94 bits per heavy atom. The molecular formula is C13H16O5. The number of phenolic OH excluding ortho intramolecular Hbond substituents is 2. The molecule has 0 amide bonds. The van der Waals surface area contributed by atoms with Gasteiger partial charge in [-0.3, -0.25) is 0 Å². The lowest BCUT2D eigenvalue weighted by Gasteiger charge is -2.32. The lowest BCUT2D eigenvalue weighted by Crippen LogP contribution is -2.40.